The van der Waals surface area contributed by atoms with E-state index in [1.54, 1.807) is 20.8 Å². The Morgan fingerprint density at radius 2 is 1.97 bits per heavy atom. The van der Waals surface area contributed by atoms with Gasteiger partial charge >= 0.3 is 6.09 Å². The van der Waals surface area contributed by atoms with Crippen LogP contribution in [-0.2, 0) is 32.6 Å². The first kappa shape index (κ1) is 27.0. The normalized spacial score (nSPS) is 22.9. The first-order chi connectivity index (χ1) is 15.8. The number of aromatic nitrogens is 2. The van der Waals surface area contributed by atoms with Crippen molar-refractivity contribution < 1.29 is 31.5 Å². The van der Waals surface area contributed by atoms with Crippen LogP contribution in [0.4, 0.5) is 13.6 Å². The SMILES string of the molecule is C.CC(C)(C)OC(=O)N[C@H]1C[C@@H](N2Cc3cn(S(C)(=O)=O)nc3C2)CO[C@@H]1c1cc(F)ccc1F. The zero-order chi connectivity index (χ0) is 24.8. The van der Waals surface area contributed by atoms with E-state index in [0.29, 0.717) is 25.2 Å². The number of nitrogens with one attached hydrogen (secondary N) is 1. The van der Waals surface area contributed by atoms with Crippen molar-refractivity contribution in [3.05, 3.63) is 52.9 Å². The third-order valence-corrected chi connectivity index (χ3v) is 6.63. The number of rotatable bonds is 4. The van der Waals surface area contributed by atoms with Crippen molar-refractivity contribution in [3.63, 3.8) is 0 Å². The van der Waals surface area contributed by atoms with Crippen LogP contribution in [0.2, 0.25) is 0 Å². The van der Waals surface area contributed by atoms with E-state index in [1.807, 2.05) is 0 Å². The van der Waals surface area contributed by atoms with E-state index in [2.05, 4.69) is 15.3 Å². The van der Waals surface area contributed by atoms with Crippen LogP contribution in [0.15, 0.2) is 24.4 Å². The van der Waals surface area contributed by atoms with Gasteiger partial charge < -0.3 is 14.8 Å². The summed E-state index contributed by atoms with van der Waals surface area (Å²) in [5.74, 6) is -1.23. The molecule has 2 aliphatic heterocycles. The lowest BCUT2D eigenvalue weighted by Crippen LogP contribution is -2.52. The van der Waals surface area contributed by atoms with E-state index in [1.165, 1.54) is 6.20 Å². The number of amides is 1. The van der Waals surface area contributed by atoms with Crippen LogP contribution in [0.5, 0.6) is 0 Å². The second-order valence-corrected chi connectivity index (χ2v) is 11.5. The molecule has 0 bridgehead atoms. The molecule has 4 rings (SSSR count). The molecule has 0 radical (unpaired) electrons. The van der Waals surface area contributed by atoms with E-state index in [9.17, 15) is 22.0 Å². The van der Waals surface area contributed by atoms with Crippen LogP contribution in [0.25, 0.3) is 0 Å². The molecule has 0 unspecified atom stereocenters. The van der Waals surface area contributed by atoms with Crippen LogP contribution >= 0.6 is 0 Å². The molecular formula is C23H32F2N4O5S. The summed E-state index contributed by atoms with van der Waals surface area (Å²) in [7, 11) is -3.47. The zero-order valence-electron chi connectivity index (χ0n) is 19.4. The molecule has 0 aliphatic carbocycles. The minimum atomic E-state index is -3.47. The van der Waals surface area contributed by atoms with Crippen molar-refractivity contribution in [1.29, 1.82) is 0 Å². The minimum Gasteiger partial charge on any atom is -0.444 e. The monoisotopic (exact) mass is 514 g/mol. The van der Waals surface area contributed by atoms with Gasteiger partial charge in [-0.2, -0.15) is 9.19 Å². The maximum atomic E-state index is 14.5. The molecule has 1 N–H and O–H groups in total. The van der Waals surface area contributed by atoms with Crippen molar-refractivity contribution in [2.24, 2.45) is 0 Å². The summed E-state index contributed by atoms with van der Waals surface area (Å²) >= 11 is 0. The number of carbonyl (C=O) groups excluding carboxylic acids is 1. The lowest BCUT2D eigenvalue weighted by Gasteiger charge is -2.40. The van der Waals surface area contributed by atoms with E-state index < -0.39 is 45.5 Å². The van der Waals surface area contributed by atoms with Gasteiger partial charge in [0.2, 0.25) is 0 Å². The van der Waals surface area contributed by atoms with Gasteiger partial charge in [-0.25, -0.2) is 22.0 Å². The van der Waals surface area contributed by atoms with Crippen molar-refractivity contribution in [1.82, 2.24) is 19.4 Å². The Kier molecular flexibility index (Phi) is 7.59. The summed E-state index contributed by atoms with van der Waals surface area (Å²) in [5.41, 5.74) is 0.732. The van der Waals surface area contributed by atoms with Crippen LogP contribution in [0, 0.1) is 11.6 Å². The van der Waals surface area contributed by atoms with Gasteiger partial charge in [0.1, 0.15) is 23.3 Å². The predicted octanol–water partition coefficient (Wildman–Crippen LogP) is 3.34. The highest BCUT2D eigenvalue weighted by Gasteiger charge is 2.40. The fraction of sp³-hybridized carbons (Fsp3) is 0.565. The quantitative estimate of drug-likeness (QED) is 0.668. The molecule has 1 fully saturated rings. The van der Waals surface area contributed by atoms with E-state index >= 15 is 0 Å². The standard InChI is InChI=1S/C22H28F2N4O5S.CH4/c1-22(2,3)33-21(29)25-18-8-15(12-32-20(18)16-7-14(23)5-6-17(16)24)27-9-13-10-28(34(4,30)31)26-19(13)11-27;/h5-7,10,15,18,20H,8-9,11-12H2,1-4H3,(H,25,29);1H4/t15-,18+,20-;/m1./s1. The van der Waals surface area contributed by atoms with Gasteiger partial charge in [-0.3, -0.25) is 4.90 Å². The summed E-state index contributed by atoms with van der Waals surface area (Å²) in [6, 6.07) is 2.27. The first-order valence-electron chi connectivity index (χ1n) is 10.9. The topological polar surface area (TPSA) is 103 Å². The van der Waals surface area contributed by atoms with Crippen molar-refractivity contribution in [2.45, 2.75) is 71.5 Å². The molecule has 0 saturated carbocycles. The second kappa shape index (κ2) is 9.82. The molecule has 2 aliphatic rings. The molecule has 9 nitrogen and oxygen atoms in total. The summed E-state index contributed by atoms with van der Waals surface area (Å²) in [6.07, 6.45) is 1.38. The number of hydrogen-bond donors (Lipinski definition) is 1. The number of ether oxygens (including phenoxy) is 2. The van der Waals surface area contributed by atoms with Crippen LogP contribution in [0.1, 0.15) is 57.5 Å². The first-order valence-corrected chi connectivity index (χ1v) is 12.7. The Labute approximate surface area is 204 Å². The number of benzene rings is 1. The van der Waals surface area contributed by atoms with Crippen molar-refractivity contribution in [2.75, 3.05) is 12.9 Å². The Morgan fingerprint density at radius 1 is 1.26 bits per heavy atom. The molecule has 35 heavy (non-hydrogen) atoms. The molecule has 1 aromatic carbocycles. The Hall–Kier alpha value is -2.57. The second-order valence-electron chi connectivity index (χ2n) is 9.70. The van der Waals surface area contributed by atoms with Crippen molar-refractivity contribution >= 4 is 16.1 Å². The molecule has 1 saturated heterocycles. The number of hydrogen-bond acceptors (Lipinski definition) is 7. The van der Waals surface area contributed by atoms with Gasteiger partial charge in [-0.1, -0.05) is 7.43 Å². The molecular weight excluding hydrogens is 482 g/mol. The molecule has 1 aromatic heterocycles. The highest BCUT2D eigenvalue weighted by Crippen LogP contribution is 2.35. The highest BCUT2D eigenvalue weighted by atomic mass is 32.2. The Balaban J connectivity index is 0.00000342. The highest BCUT2D eigenvalue weighted by molar-refractivity contribution is 7.89. The summed E-state index contributed by atoms with van der Waals surface area (Å²) in [6.45, 7) is 6.26. The number of nitrogens with zero attached hydrogens (tertiary/aromatic N) is 3. The van der Waals surface area contributed by atoms with Gasteiger partial charge in [-0.05, 0) is 45.4 Å². The maximum Gasteiger partial charge on any atom is 0.407 e. The number of halogens is 2. The van der Waals surface area contributed by atoms with Crippen molar-refractivity contribution in [3.8, 4) is 0 Å². The van der Waals surface area contributed by atoms with Gasteiger partial charge in [0.05, 0.1) is 24.6 Å². The number of fused-ring (bicyclic) bond motifs is 1. The van der Waals surface area contributed by atoms with Gasteiger partial charge in [-0.15, -0.1) is 0 Å². The van der Waals surface area contributed by atoms with E-state index in [0.717, 1.165) is 34.1 Å². The van der Waals surface area contributed by atoms with Crippen LogP contribution in [0.3, 0.4) is 0 Å². The Morgan fingerprint density at radius 3 is 2.60 bits per heavy atom. The summed E-state index contributed by atoms with van der Waals surface area (Å²) in [5, 5.41) is 6.93. The van der Waals surface area contributed by atoms with E-state index in [4.69, 9.17) is 9.47 Å². The van der Waals surface area contributed by atoms with Crippen LogP contribution < -0.4 is 5.32 Å². The molecule has 3 heterocycles. The van der Waals surface area contributed by atoms with Gasteiger partial charge in [0, 0.05) is 36.5 Å². The van der Waals surface area contributed by atoms with Gasteiger partial charge in [0.15, 0.2) is 0 Å². The van der Waals surface area contributed by atoms with E-state index in [-0.39, 0.29) is 25.6 Å². The number of alkyl carbamates (subject to hydrolysis) is 1. The smallest absolute Gasteiger partial charge is 0.407 e. The summed E-state index contributed by atoms with van der Waals surface area (Å²) < 4.78 is 64.2. The third-order valence-electron chi connectivity index (χ3n) is 5.77. The third kappa shape index (κ3) is 6.17. The number of carbonyl (C=O) groups is 1. The van der Waals surface area contributed by atoms with Gasteiger partial charge in [0.25, 0.3) is 10.0 Å². The van der Waals surface area contributed by atoms with Crippen LogP contribution in [-0.4, -0.2) is 59.1 Å². The molecule has 2 aromatic rings. The lowest BCUT2D eigenvalue weighted by molar-refractivity contribution is -0.0629. The maximum absolute atomic E-state index is 14.5. The lowest BCUT2D eigenvalue weighted by atomic mass is 9.92. The molecule has 3 atom stereocenters. The largest absolute Gasteiger partial charge is 0.444 e. The minimum absolute atomic E-state index is 0. The Bertz CT molecular complexity index is 1170. The molecule has 1 amide bonds. The fourth-order valence-electron chi connectivity index (χ4n) is 4.28. The average molecular weight is 515 g/mol. The summed E-state index contributed by atoms with van der Waals surface area (Å²) in [4.78, 5) is 14.6. The predicted molar refractivity (Wildman–Crippen MR) is 125 cm³/mol. The zero-order valence-corrected chi connectivity index (χ0v) is 20.2. The molecule has 12 heteroatoms. The average Bonchev–Trinajstić information content (AvgIpc) is 3.28. The fourth-order valence-corrected chi connectivity index (χ4v) is 4.85. The molecule has 0 spiro atoms. The molecule has 194 valence electrons.